The molecule has 2 heterocycles. The summed E-state index contributed by atoms with van der Waals surface area (Å²) < 4.78 is 0. The van der Waals surface area contributed by atoms with Gasteiger partial charge < -0.3 is 9.88 Å². The SMILES string of the molecule is CC1c2[nH]ccc2C(Cl)=CN1C(=O)N(C)C. The van der Waals surface area contributed by atoms with Crippen molar-refractivity contribution in [1.29, 1.82) is 0 Å². The van der Waals surface area contributed by atoms with Crippen molar-refractivity contribution in [2.75, 3.05) is 14.1 Å². The summed E-state index contributed by atoms with van der Waals surface area (Å²) in [5.41, 5.74) is 1.94. The molecule has 0 aliphatic carbocycles. The number of halogens is 1. The van der Waals surface area contributed by atoms with Gasteiger partial charge in [0.1, 0.15) is 0 Å². The van der Waals surface area contributed by atoms with Crippen molar-refractivity contribution in [2.45, 2.75) is 13.0 Å². The van der Waals surface area contributed by atoms with Crippen LogP contribution in [0.1, 0.15) is 24.2 Å². The van der Waals surface area contributed by atoms with Gasteiger partial charge in [-0.15, -0.1) is 0 Å². The number of carbonyl (C=O) groups is 1. The second kappa shape index (κ2) is 3.87. The average molecular weight is 240 g/mol. The Kier molecular flexibility index (Phi) is 2.68. The van der Waals surface area contributed by atoms with E-state index in [1.807, 2.05) is 19.2 Å². The first kappa shape index (κ1) is 11.1. The predicted octanol–water partition coefficient (Wildman–Crippen LogP) is 2.61. The second-order valence-electron chi connectivity index (χ2n) is 4.04. The lowest BCUT2D eigenvalue weighted by Gasteiger charge is -2.32. The first-order valence-corrected chi connectivity index (χ1v) is 5.44. The molecule has 1 N–H and O–H groups in total. The number of aromatic amines is 1. The number of urea groups is 1. The monoisotopic (exact) mass is 239 g/mol. The van der Waals surface area contributed by atoms with Gasteiger partial charge >= 0.3 is 6.03 Å². The van der Waals surface area contributed by atoms with E-state index in [1.165, 1.54) is 4.90 Å². The third kappa shape index (κ3) is 1.59. The van der Waals surface area contributed by atoms with Crippen molar-refractivity contribution in [3.8, 4) is 0 Å². The van der Waals surface area contributed by atoms with Crippen LogP contribution in [0.3, 0.4) is 0 Å². The molecule has 5 heteroatoms. The van der Waals surface area contributed by atoms with E-state index in [-0.39, 0.29) is 12.1 Å². The summed E-state index contributed by atoms with van der Waals surface area (Å²) in [5.74, 6) is 0. The summed E-state index contributed by atoms with van der Waals surface area (Å²) in [6.45, 7) is 1.97. The fourth-order valence-corrected chi connectivity index (χ4v) is 2.10. The Morgan fingerprint density at radius 3 is 2.88 bits per heavy atom. The Morgan fingerprint density at radius 1 is 1.56 bits per heavy atom. The molecule has 0 radical (unpaired) electrons. The standard InChI is InChI=1S/C11H14ClN3O/c1-7-10-8(4-5-13-10)9(12)6-15(7)11(16)14(2)3/h4-7,13H,1-3H3. The Hall–Kier alpha value is -1.42. The lowest BCUT2D eigenvalue weighted by molar-refractivity contribution is 0.175. The highest BCUT2D eigenvalue weighted by Crippen LogP contribution is 2.35. The van der Waals surface area contributed by atoms with Gasteiger partial charge in [-0.3, -0.25) is 4.90 Å². The van der Waals surface area contributed by atoms with E-state index in [0.717, 1.165) is 11.3 Å². The first-order valence-electron chi connectivity index (χ1n) is 5.07. The molecule has 1 aliphatic rings. The number of hydrogen-bond donors (Lipinski definition) is 1. The molecule has 2 amide bonds. The zero-order chi connectivity index (χ0) is 11.9. The molecule has 1 aromatic rings. The Balaban J connectivity index is 2.40. The molecule has 2 rings (SSSR count). The van der Waals surface area contributed by atoms with Gasteiger partial charge in [0, 0.05) is 37.7 Å². The van der Waals surface area contributed by atoms with Crippen LogP contribution < -0.4 is 0 Å². The van der Waals surface area contributed by atoms with Crippen molar-refractivity contribution >= 4 is 22.7 Å². The molecule has 0 aromatic carbocycles. The summed E-state index contributed by atoms with van der Waals surface area (Å²) >= 11 is 6.13. The number of fused-ring (bicyclic) bond motifs is 1. The summed E-state index contributed by atoms with van der Waals surface area (Å²) in [6.07, 6.45) is 3.52. The van der Waals surface area contributed by atoms with Crippen LogP contribution >= 0.6 is 11.6 Å². The molecule has 1 unspecified atom stereocenters. The molecular formula is C11H14ClN3O. The number of nitrogens with one attached hydrogen (secondary N) is 1. The molecule has 4 nitrogen and oxygen atoms in total. The van der Waals surface area contributed by atoms with Gasteiger partial charge in [0.25, 0.3) is 0 Å². The smallest absolute Gasteiger partial charge is 0.324 e. The van der Waals surface area contributed by atoms with Gasteiger partial charge in [0.05, 0.1) is 11.1 Å². The van der Waals surface area contributed by atoms with Gasteiger partial charge in [0.2, 0.25) is 0 Å². The van der Waals surface area contributed by atoms with E-state index in [1.54, 1.807) is 25.2 Å². The lowest BCUT2D eigenvalue weighted by Crippen LogP contribution is -2.38. The highest BCUT2D eigenvalue weighted by atomic mass is 35.5. The largest absolute Gasteiger partial charge is 0.363 e. The number of carbonyl (C=O) groups excluding carboxylic acids is 1. The predicted molar refractivity (Wildman–Crippen MR) is 64.0 cm³/mol. The highest BCUT2D eigenvalue weighted by molar-refractivity contribution is 6.49. The van der Waals surface area contributed by atoms with Crippen LogP contribution in [0.25, 0.3) is 5.03 Å². The molecule has 0 fully saturated rings. The van der Waals surface area contributed by atoms with Gasteiger partial charge in [-0.05, 0) is 13.0 Å². The number of amides is 2. The first-order chi connectivity index (χ1) is 7.52. The van der Waals surface area contributed by atoms with E-state index in [9.17, 15) is 4.79 Å². The van der Waals surface area contributed by atoms with Crippen molar-refractivity contribution < 1.29 is 4.79 Å². The molecule has 16 heavy (non-hydrogen) atoms. The van der Waals surface area contributed by atoms with Gasteiger partial charge in [-0.2, -0.15) is 0 Å². The quantitative estimate of drug-likeness (QED) is 0.743. The van der Waals surface area contributed by atoms with Gasteiger partial charge in [0.15, 0.2) is 0 Å². The normalized spacial score (nSPS) is 19.1. The number of aromatic nitrogens is 1. The minimum absolute atomic E-state index is 0.0256. The van der Waals surface area contributed by atoms with E-state index < -0.39 is 0 Å². The van der Waals surface area contributed by atoms with Crippen LogP contribution in [0.2, 0.25) is 0 Å². The van der Waals surface area contributed by atoms with Crippen LogP contribution in [0, 0.1) is 0 Å². The number of rotatable bonds is 0. The molecule has 0 saturated carbocycles. The maximum absolute atomic E-state index is 11.9. The van der Waals surface area contributed by atoms with Crippen LogP contribution in [-0.4, -0.2) is 34.9 Å². The Bertz CT molecular complexity index is 450. The van der Waals surface area contributed by atoms with Crippen LogP contribution in [0.4, 0.5) is 4.79 Å². The Labute approximate surface area is 99.5 Å². The molecule has 1 atom stereocenters. The van der Waals surface area contributed by atoms with Crippen molar-refractivity contribution in [2.24, 2.45) is 0 Å². The van der Waals surface area contributed by atoms with E-state index >= 15 is 0 Å². The maximum Gasteiger partial charge on any atom is 0.324 e. The zero-order valence-electron chi connectivity index (χ0n) is 9.49. The topological polar surface area (TPSA) is 39.3 Å². The van der Waals surface area contributed by atoms with Gasteiger partial charge in [-0.25, -0.2) is 4.79 Å². The average Bonchev–Trinajstić information content (AvgIpc) is 2.71. The second-order valence-corrected chi connectivity index (χ2v) is 4.45. The summed E-state index contributed by atoms with van der Waals surface area (Å²) in [7, 11) is 3.45. The minimum atomic E-state index is -0.0779. The molecule has 86 valence electrons. The fourth-order valence-electron chi connectivity index (χ4n) is 1.83. The number of hydrogen-bond acceptors (Lipinski definition) is 1. The molecular weight excluding hydrogens is 226 g/mol. The van der Waals surface area contributed by atoms with Crippen LogP contribution in [0.15, 0.2) is 18.5 Å². The molecule has 0 saturated heterocycles. The zero-order valence-corrected chi connectivity index (χ0v) is 10.2. The lowest BCUT2D eigenvalue weighted by atomic mass is 10.1. The third-order valence-electron chi connectivity index (χ3n) is 2.73. The van der Waals surface area contributed by atoms with Crippen LogP contribution in [0.5, 0.6) is 0 Å². The molecule has 1 aromatic heterocycles. The number of nitrogens with zero attached hydrogens (tertiary/aromatic N) is 2. The third-order valence-corrected chi connectivity index (χ3v) is 3.03. The van der Waals surface area contributed by atoms with Crippen LogP contribution in [-0.2, 0) is 0 Å². The Morgan fingerprint density at radius 2 is 2.25 bits per heavy atom. The van der Waals surface area contributed by atoms with E-state index in [2.05, 4.69) is 4.98 Å². The fraction of sp³-hybridized carbons (Fsp3) is 0.364. The molecule has 0 spiro atoms. The minimum Gasteiger partial charge on any atom is -0.363 e. The summed E-state index contributed by atoms with van der Waals surface area (Å²) in [5, 5.41) is 0.588. The number of H-pyrrole nitrogens is 1. The van der Waals surface area contributed by atoms with E-state index in [4.69, 9.17) is 11.6 Å². The molecule has 0 bridgehead atoms. The highest BCUT2D eigenvalue weighted by Gasteiger charge is 2.29. The summed E-state index contributed by atoms with van der Waals surface area (Å²) in [4.78, 5) is 18.2. The van der Waals surface area contributed by atoms with E-state index in [0.29, 0.717) is 5.03 Å². The van der Waals surface area contributed by atoms with Crippen molar-refractivity contribution in [3.63, 3.8) is 0 Å². The maximum atomic E-state index is 11.9. The van der Waals surface area contributed by atoms with Crippen molar-refractivity contribution in [1.82, 2.24) is 14.8 Å². The summed E-state index contributed by atoms with van der Waals surface area (Å²) in [6, 6.07) is 1.82. The molecule has 1 aliphatic heterocycles. The van der Waals surface area contributed by atoms with Crippen molar-refractivity contribution in [3.05, 3.63) is 29.7 Å². The van der Waals surface area contributed by atoms with Gasteiger partial charge in [-0.1, -0.05) is 11.6 Å².